The lowest BCUT2D eigenvalue weighted by atomic mass is 10.1. The van der Waals surface area contributed by atoms with E-state index in [1.807, 2.05) is 6.92 Å². The van der Waals surface area contributed by atoms with Crippen LogP contribution in [0.3, 0.4) is 0 Å². The number of benzene rings is 3. The molecule has 0 bridgehead atoms. The number of carbonyl (C=O) groups excluding carboxylic acids is 2. The fraction of sp³-hybridized carbons (Fsp3) is 0.310. The number of hydrogen-bond donors (Lipinski definition) is 1. The Labute approximate surface area is 245 Å². The molecule has 0 spiro atoms. The number of carbonyl (C=O) groups is 2. The molecule has 1 N–H and O–H groups in total. The van der Waals surface area contributed by atoms with Gasteiger partial charge in [0.1, 0.15) is 18.3 Å². The van der Waals surface area contributed by atoms with Gasteiger partial charge in [-0.25, -0.2) is 8.42 Å². The van der Waals surface area contributed by atoms with Crippen LogP contribution in [0.4, 0.5) is 5.69 Å². The van der Waals surface area contributed by atoms with E-state index >= 15 is 0 Å². The Balaban J connectivity index is 2.03. The highest BCUT2D eigenvalue weighted by molar-refractivity contribution is 7.92. The molecule has 0 aliphatic heterocycles. The lowest BCUT2D eigenvalue weighted by Crippen LogP contribution is -2.51. The maximum absolute atomic E-state index is 13.9. The molecule has 8 nitrogen and oxygen atoms in total. The molecule has 3 aromatic carbocycles. The molecule has 1 atom stereocenters. The van der Waals surface area contributed by atoms with Gasteiger partial charge in [0.25, 0.3) is 10.0 Å². The van der Waals surface area contributed by atoms with Crippen molar-refractivity contribution in [3.05, 3.63) is 88.4 Å². The largest absolute Gasteiger partial charge is 0.495 e. The number of anilines is 1. The number of nitrogens with zero attached hydrogens (tertiary/aromatic N) is 2. The summed E-state index contributed by atoms with van der Waals surface area (Å²) in [5, 5.41) is 3.45. The van der Waals surface area contributed by atoms with E-state index in [1.165, 1.54) is 42.3 Å². The molecule has 40 heavy (non-hydrogen) atoms. The van der Waals surface area contributed by atoms with Crippen molar-refractivity contribution in [1.82, 2.24) is 10.2 Å². The highest BCUT2D eigenvalue weighted by Crippen LogP contribution is 2.32. The molecule has 3 rings (SSSR count). The summed E-state index contributed by atoms with van der Waals surface area (Å²) < 4.78 is 33.9. The molecule has 3 aromatic rings. The maximum Gasteiger partial charge on any atom is 0.264 e. The van der Waals surface area contributed by atoms with Gasteiger partial charge in [0.15, 0.2) is 0 Å². The van der Waals surface area contributed by atoms with E-state index in [0.29, 0.717) is 22.9 Å². The molecule has 0 radical (unpaired) electrons. The van der Waals surface area contributed by atoms with Crippen molar-refractivity contribution in [2.45, 2.75) is 44.2 Å². The highest BCUT2D eigenvalue weighted by Gasteiger charge is 2.33. The van der Waals surface area contributed by atoms with E-state index in [0.717, 1.165) is 17.1 Å². The molecule has 0 heterocycles. The van der Waals surface area contributed by atoms with Crippen LogP contribution in [0.2, 0.25) is 10.0 Å². The molecule has 0 saturated carbocycles. The molecule has 0 aliphatic rings. The third-order valence-corrected chi connectivity index (χ3v) is 8.78. The minimum atomic E-state index is -4.20. The zero-order chi connectivity index (χ0) is 29.3. The van der Waals surface area contributed by atoms with Gasteiger partial charge in [0.05, 0.1) is 22.7 Å². The van der Waals surface area contributed by atoms with Crippen LogP contribution < -0.4 is 14.4 Å². The molecular formula is C29H33Cl2N3O5S. The van der Waals surface area contributed by atoms with Crippen molar-refractivity contribution in [3.63, 3.8) is 0 Å². The standard InChI is InChI=1S/C29H33Cl2N3O5S/c1-4-5-17-32-29(36)21(2)33(19-22-11-9-10-14-25(22)30)28(35)20-34(23-15-16-27(39-3)26(31)18-23)40(37,38)24-12-7-6-8-13-24/h6-16,18,21H,4-5,17,19-20H2,1-3H3,(H,32,36)/t21-/m0/s1. The second-order valence-electron chi connectivity index (χ2n) is 9.08. The first-order valence-electron chi connectivity index (χ1n) is 12.8. The number of sulfonamides is 1. The molecule has 11 heteroatoms. The van der Waals surface area contributed by atoms with Gasteiger partial charge in [-0.1, -0.05) is 72.9 Å². The number of amides is 2. The zero-order valence-corrected chi connectivity index (χ0v) is 25.0. The van der Waals surface area contributed by atoms with Gasteiger partial charge in [-0.3, -0.25) is 13.9 Å². The predicted molar refractivity (Wildman–Crippen MR) is 158 cm³/mol. The second-order valence-corrected chi connectivity index (χ2v) is 11.8. The Kier molecular flexibility index (Phi) is 11.2. The molecule has 0 aromatic heterocycles. The van der Waals surface area contributed by atoms with Crippen molar-refractivity contribution >= 4 is 50.7 Å². The van der Waals surface area contributed by atoms with E-state index < -0.39 is 28.5 Å². The van der Waals surface area contributed by atoms with Gasteiger partial charge in [0, 0.05) is 18.1 Å². The summed E-state index contributed by atoms with van der Waals surface area (Å²) in [4.78, 5) is 28.3. The SMILES string of the molecule is CCCCNC(=O)[C@H](C)N(Cc1ccccc1Cl)C(=O)CN(c1ccc(OC)c(Cl)c1)S(=O)(=O)c1ccccc1. The summed E-state index contributed by atoms with van der Waals surface area (Å²) in [5.41, 5.74) is 0.788. The zero-order valence-electron chi connectivity index (χ0n) is 22.6. The first-order chi connectivity index (χ1) is 19.1. The van der Waals surface area contributed by atoms with E-state index in [2.05, 4.69) is 5.32 Å². The smallest absolute Gasteiger partial charge is 0.264 e. The van der Waals surface area contributed by atoms with Crippen LogP contribution in [0.25, 0.3) is 0 Å². The molecule has 0 saturated heterocycles. The average Bonchev–Trinajstić information content (AvgIpc) is 2.95. The first kappa shape index (κ1) is 31.3. The Morgan fingerprint density at radius 2 is 1.65 bits per heavy atom. The van der Waals surface area contributed by atoms with E-state index in [-0.39, 0.29) is 28.1 Å². The minimum Gasteiger partial charge on any atom is -0.495 e. The fourth-order valence-corrected chi connectivity index (χ4v) is 5.86. The monoisotopic (exact) mass is 605 g/mol. The average molecular weight is 607 g/mol. The molecule has 0 fully saturated rings. The predicted octanol–water partition coefficient (Wildman–Crippen LogP) is 5.53. The second kappa shape index (κ2) is 14.4. The Morgan fingerprint density at radius 1 is 0.975 bits per heavy atom. The molecule has 0 unspecified atom stereocenters. The third kappa shape index (κ3) is 7.68. The summed E-state index contributed by atoms with van der Waals surface area (Å²) in [6, 6.07) is 18.3. The number of rotatable bonds is 13. The van der Waals surface area contributed by atoms with Crippen molar-refractivity contribution in [1.29, 1.82) is 0 Å². The van der Waals surface area contributed by atoms with Crippen molar-refractivity contribution < 1.29 is 22.7 Å². The van der Waals surface area contributed by atoms with Crippen molar-refractivity contribution in [3.8, 4) is 5.75 Å². The minimum absolute atomic E-state index is 0.00208. The van der Waals surface area contributed by atoms with Crippen LogP contribution in [0.5, 0.6) is 5.75 Å². The van der Waals surface area contributed by atoms with Gasteiger partial charge in [0.2, 0.25) is 11.8 Å². The Bertz CT molecular complexity index is 1420. The normalized spacial score (nSPS) is 11.9. The summed E-state index contributed by atoms with van der Waals surface area (Å²) in [6.45, 7) is 3.50. The first-order valence-corrected chi connectivity index (χ1v) is 15.0. The van der Waals surface area contributed by atoms with Gasteiger partial charge >= 0.3 is 0 Å². The summed E-state index contributed by atoms with van der Waals surface area (Å²) >= 11 is 12.7. The summed E-state index contributed by atoms with van der Waals surface area (Å²) in [6.07, 6.45) is 1.69. The fourth-order valence-electron chi connectivity index (χ4n) is 3.99. The van der Waals surface area contributed by atoms with Gasteiger partial charge < -0.3 is 15.0 Å². The summed E-state index contributed by atoms with van der Waals surface area (Å²) in [5.74, 6) is -0.588. The molecule has 214 valence electrons. The lowest BCUT2D eigenvalue weighted by molar-refractivity contribution is -0.139. The molecule has 2 amide bonds. The molecular weight excluding hydrogens is 573 g/mol. The van der Waals surface area contributed by atoms with Crippen LogP contribution in [0, 0.1) is 0 Å². The van der Waals surface area contributed by atoms with Gasteiger partial charge in [-0.05, 0) is 55.3 Å². The van der Waals surface area contributed by atoms with Gasteiger partial charge in [-0.2, -0.15) is 0 Å². The van der Waals surface area contributed by atoms with Crippen LogP contribution in [0.15, 0.2) is 77.7 Å². The number of unbranched alkanes of at least 4 members (excludes halogenated alkanes) is 1. The number of halogens is 2. The van der Waals surface area contributed by atoms with Crippen LogP contribution in [-0.4, -0.2) is 51.4 Å². The number of hydrogen-bond acceptors (Lipinski definition) is 5. The molecule has 0 aliphatic carbocycles. The highest BCUT2D eigenvalue weighted by atomic mass is 35.5. The van der Waals surface area contributed by atoms with Gasteiger partial charge in [-0.15, -0.1) is 0 Å². The number of ether oxygens (including phenoxy) is 1. The van der Waals surface area contributed by atoms with Crippen LogP contribution in [0.1, 0.15) is 32.3 Å². The summed E-state index contributed by atoms with van der Waals surface area (Å²) in [7, 11) is -2.76. The quantitative estimate of drug-likeness (QED) is 0.258. The Hall–Kier alpha value is -3.27. The van der Waals surface area contributed by atoms with Crippen molar-refractivity contribution in [2.75, 3.05) is 24.5 Å². The number of nitrogens with one attached hydrogen (secondary N) is 1. The van der Waals surface area contributed by atoms with E-state index in [1.54, 1.807) is 49.4 Å². The third-order valence-electron chi connectivity index (χ3n) is 6.33. The van der Waals surface area contributed by atoms with Crippen LogP contribution >= 0.6 is 23.2 Å². The van der Waals surface area contributed by atoms with Crippen molar-refractivity contribution in [2.24, 2.45) is 0 Å². The lowest BCUT2D eigenvalue weighted by Gasteiger charge is -2.32. The number of methoxy groups -OCH3 is 1. The topological polar surface area (TPSA) is 96.0 Å². The maximum atomic E-state index is 13.9. The van der Waals surface area contributed by atoms with Crippen LogP contribution in [-0.2, 0) is 26.2 Å². The van der Waals surface area contributed by atoms with E-state index in [9.17, 15) is 18.0 Å². The van der Waals surface area contributed by atoms with E-state index in [4.69, 9.17) is 27.9 Å². The Morgan fingerprint density at radius 3 is 2.27 bits per heavy atom.